The second kappa shape index (κ2) is 4.40. The van der Waals surface area contributed by atoms with Crippen LogP contribution in [0.3, 0.4) is 0 Å². The SMILES string of the molecule is O[C@@]1(c2ccc(F)cc2)Cc2ccccc2C2=[N+]1CCN2. The molecule has 3 nitrogen and oxygen atoms in total. The first-order valence-electron chi connectivity index (χ1n) is 7.14. The molecule has 0 aromatic heterocycles. The molecule has 0 spiro atoms. The average Bonchev–Trinajstić information content (AvgIpc) is 2.99. The number of nitrogens with one attached hydrogen (secondary N) is 1. The maximum atomic E-state index is 13.2. The first-order valence-corrected chi connectivity index (χ1v) is 7.14. The summed E-state index contributed by atoms with van der Waals surface area (Å²) in [6, 6.07) is 14.2. The van der Waals surface area contributed by atoms with E-state index in [2.05, 4.69) is 11.4 Å². The number of fused-ring (bicyclic) bond motifs is 2. The van der Waals surface area contributed by atoms with Gasteiger partial charge in [0, 0.05) is 12.0 Å². The third kappa shape index (κ3) is 1.79. The standard InChI is InChI=1S/C17H15FN2O/c18-14-7-5-13(6-8-14)17(21)11-12-3-1-2-4-15(12)16-19-9-10-20(16)17/h1-8,21H,9-11H2/p+1/t17-/m1/s1. The van der Waals surface area contributed by atoms with E-state index in [4.69, 9.17) is 0 Å². The van der Waals surface area contributed by atoms with Crippen molar-refractivity contribution < 1.29 is 14.1 Å². The fraction of sp³-hybridized carbons (Fsp3) is 0.235. The van der Waals surface area contributed by atoms with E-state index < -0.39 is 5.72 Å². The van der Waals surface area contributed by atoms with E-state index in [-0.39, 0.29) is 5.82 Å². The Morgan fingerprint density at radius 1 is 1.10 bits per heavy atom. The Balaban J connectivity index is 1.91. The number of aliphatic hydroxyl groups is 1. The van der Waals surface area contributed by atoms with Gasteiger partial charge in [0.05, 0.1) is 5.56 Å². The van der Waals surface area contributed by atoms with Gasteiger partial charge in [0.15, 0.2) is 0 Å². The summed E-state index contributed by atoms with van der Waals surface area (Å²) in [5, 5.41) is 14.7. The molecule has 2 heterocycles. The Morgan fingerprint density at radius 2 is 1.86 bits per heavy atom. The van der Waals surface area contributed by atoms with Gasteiger partial charge in [-0.05, 0) is 35.9 Å². The van der Waals surface area contributed by atoms with Crippen molar-refractivity contribution in [1.29, 1.82) is 0 Å². The average molecular weight is 283 g/mol. The summed E-state index contributed by atoms with van der Waals surface area (Å²) < 4.78 is 15.2. The smallest absolute Gasteiger partial charge is 0.280 e. The number of benzene rings is 2. The monoisotopic (exact) mass is 283 g/mol. The van der Waals surface area contributed by atoms with Crippen molar-refractivity contribution in [3.05, 3.63) is 71.0 Å². The summed E-state index contributed by atoms with van der Waals surface area (Å²) in [7, 11) is 0. The Morgan fingerprint density at radius 3 is 2.67 bits per heavy atom. The molecule has 0 unspecified atom stereocenters. The second-order valence-corrected chi connectivity index (χ2v) is 5.58. The number of amidine groups is 1. The molecule has 2 aliphatic rings. The predicted molar refractivity (Wildman–Crippen MR) is 77.7 cm³/mol. The molecule has 106 valence electrons. The molecule has 0 amide bonds. The van der Waals surface area contributed by atoms with Crippen molar-refractivity contribution in [2.45, 2.75) is 12.1 Å². The minimum absolute atomic E-state index is 0.290. The minimum Gasteiger partial charge on any atom is -0.349 e. The number of nitrogens with zero attached hydrogens (tertiary/aromatic N) is 1. The lowest BCUT2D eigenvalue weighted by Crippen LogP contribution is -2.47. The van der Waals surface area contributed by atoms with Gasteiger partial charge in [-0.15, -0.1) is 0 Å². The van der Waals surface area contributed by atoms with Crippen molar-refractivity contribution in [3.63, 3.8) is 0 Å². The van der Waals surface area contributed by atoms with Gasteiger partial charge in [0.25, 0.3) is 5.84 Å². The normalized spacial score (nSPS) is 23.5. The molecule has 21 heavy (non-hydrogen) atoms. The largest absolute Gasteiger partial charge is 0.349 e. The highest BCUT2D eigenvalue weighted by Crippen LogP contribution is 2.33. The van der Waals surface area contributed by atoms with Crippen molar-refractivity contribution in [2.75, 3.05) is 13.1 Å². The summed E-state index contributed by atoms with van der Waals surface area (Å²) in [5.74, 6) is 0.672. The van der Waals surface area contributed by atoms with Crippen LogP contribution in [0.15, 0.2) is 48.5 Å². The molecular weight excluding hydrogens is 267 g/mol. The molecule has 4 heteroatoms. The third-order valence-corrected chi connectivity index (χ3v) is 4.36. The van der Waals surface area contributed by atoms with E-state index in [1.807, 2.05) is 22.8 Å². The highest BCUT2D eigenvalue weighted by atomic mass is 19.1. The zero-order valence-corrected chi connectivity index (χ0v) is 11.5. The maximum Gasteiger partial charge on any atom is 0.280 e. The molecule has 2 aromatic rings. The van der Waals surface area contributed by atoms with Crippen LogP contribution in [0, 0.1) is 5.82 Å². The lowest BCUT2D eigenvalue weighted by Gasteiger charge is -2.32. The molecule has 0 bridgehead atoms. The van der Waals surface area contributed by atoms with Crippen LogP contribution in [0.25, 0.3) is 0 Å². The highest BCUT2D eigenvalue weighted by molar-refractivity contribution is 5.97. The molecule has 2 aromatic carbocycles. The quantitative estimate of drug-likeness (QED) is 0.780. The molecule has 2 aliphatic heterocycles. The van der Waals surface area contributed by atoms with Crippen LogP contribution >= 0.6 is 0 Å². The molecule has 0 saturated carbocycles. The van der Waals surface area contributed by atoms with E-state index in [0.29, 0.717) is 6.42 Å². The summed E-state index contributed by atoms with van der Waals surface area (Å²) in [4.78, 5) is 0. The Bertz CT molecular complexity index is 739. The van der Waals surface area contributed by atoms with E-state index in [0.717, 1.165) is 35.6 Å². The van der Waals surface area contributed by atoms with Gasteiger partial charge in [0.2, 0.25) is 5.72 Å². The van der Waals surface area contributed by atoms with Gasteiger partial charge in [-0.1, -0.05) is 18.2 Å². The van der Waals surface area contributed by atoms with Crippen LogP contribution in [0.4, 0.5) is 4.39 Å². The van der Waals surface area contributed by atoms with Gasteiger partial charge in [-0.3, -0.25) is 5.32 Å². The van der Waals surface area contributed by atoms with Crippen LogP contribution in [0.5, 0.6) is 0 Å². The van der Waals surface area contributed by atoms with Crippen molar-refractivity contribution >= 4 is 5.84 Å². The molecule has 0 radical (unpaired) electrons. The molecule has 4 rings (SSSR count). The lowest BCUT2D eigenvalue weighted by molar-refractivity contribution is -0.664. The number of hydrogen-bond donors (Lipinski definition) is 2. The van der Waals surface area contributed by atoms with Crippen molar-refractivity contribution in [1.82, 2.24) is 5.32 Å². The first kappa shape index (κ1) is 12.5. The van der Waals surface area contributed by atoms with E-state index >= 15 is 0 Å². The zero-order valence-electron chi connectivity index (χ0n) is 11.5. The van der Waals surface area contributed by atoms with Gasteiger partial charge >= 0.3 is 0 Å². The van der Waals surface area contributed by atoms with E-state index in [1.54, 1.807) is 12.1 Å². The molecule has 2 N–H and O–H groups in total. The number of halogens is 1. The summed E-state index contributed by atoms with van der Waals surface area (Å²) in [6.07, 6.45) is 0.500. The number of hydrogen-bond acceptors (Lipinski definition) is 2. The molecular formula is C17H16FN2O+. The van der Waals surface area contributed by atoms with Crippen LogP contribution in [0.1, 0.15) is 16.7 Å². The zero-order chi connectivity index (χ0) is 14.4. The first-order chi connectivity index (χ1) is 10.2. The fourth-order valence-corrected chi connectivity index (χ4v) is 3.35. The topological polar surface area (TPSA) is 35.3 Å². The van der Waals surface area contributed by atoms with Gasteiger partial charge in [0.1, 0.15) is 18.9 Å². The fourth-order valence-electron chi connectivity index (χ4n) is 3.35. The summed E-state index contributed by atoms with van der Waals surface area (Å²) in [5.41, 5.74) is 1.84. The van der Waals surface area contributed by atoms with Crippen LogP contribution < -0.4 is 5.32 Å². The lowest BCUT2D eigenvalue weighted by atomic mass is 9.88. The third-order valence-electron chi connectivity index (χ3n) is 4.36. The van der Waals surface area contributed by atoms with Crippen molar-refractivity contribution in [2.24, 2.45) is 0 Å². The van der Waals surface area contributed by atoms with E-state index in [9.17, 15) is 9.50 Å². The van der Waals surface area contributed by atoms with Crippen LogP contribution in [-0.2, 0) is 12.1 Å². The molecule has 0 saturated heterocycles. The number of rotatable bonds is 1. The highest BCUT2D eigenvalue weighted by Gasteiger charge is 2.46. The maximum absolute atomic E-state index is 13.2. The van der Waals surface area contributed by atoms with Gasteiger partial charge < -0.3 is 5.11 Å². The Kier molecular flexibility index (Phi) is 2.62. The molecule has 0 fully saturated rings. The predicted octanol–water partition coefficient (Wildman–Crippen LogP) is 1.59. The van der Waals surface area contributed by atoms with Crippen molar-refractivity contribution in [3.8, 4) is 0 Å². The van der Waals surface area contributed by atoms with Gasteiger partial charge in [-0.25, -0.2) is 8.97 Å². The van der Waals surface area contributed by atoms with Crippen LogP contribution in [0.2, 0.25) is 0 Å². The molecule has 1 atom stereocenters. The van der Waals surface area contributed by atoms with Gasteiger partial charge in [-0.2, -0.15) is 0 Å². The Labute approximate surface area is 122 Å². The minimum atomic E-state index is -1.12. The second-order valence-electron chi connectivity index (χ2n) is 5.58. The summed E-state index contributed by atoms with van der Waals surface area (Å²) >= 11 is 0. The van der Waals surface area contributed by atoms with E-state index in [1.165, 1.54) is 12.1 Å². The summed E-state index contributed by atoms with van der Waals surface area (Å²) in [6.45, 7) is 1.53. The van der Waals surface area contributed by atoms with Crippen LogP contribution in [-0.4, -0.2) is 28.6 Å². The molecule has 0 aliphatic carbocycles. The Hall–Kier alpha value is -2.20.